The molecular weight excluding hydrogens is 426 g/mol. The van der Waals surface area contributed by atoms with Gasteiger partial charge in [0.05, 0.1) is 10.6 Å². The molecule has 1 saturated carbocycles. The van der Waals surface area contributed by atoms with Gasteiger partial charge in [0.25, 0.3) is 0 Å². The number of halogens is 1. The van der Waals surface area contributed by atoms with Crippen LogP contribution in [0.3, 0.4) is 0 Å². The number of rotatable bonds is 5. The number of ether oxygens (including phenoxy) is 1. The Labute approximate surface area is 170 Å². The number of anilines is 2. The smallest absolute Gasteiger partial charge is 0.317 e. The van der Waals surface area contributed by atoms with Gasteiger partial charge in [-0.1, -0.05) is 17.8 Å². The maximum absolute atomic E-state index is 6.02. The van der Waals surface area contributed by atoms with Crippen molar-refractivity contribution in [2.75, 3.05) is 5.32 Å². The quantitative estimate of drug-likeness (QED) is 0.556. The van der Waals surface area contributed by atoms with Gasteiger partial charge < -0.3 is 10.1 Å². The summed E-state index contributed by atoms with van der Waals surface area (Å²) in [5.74, 6) is 0.750. The van der Waals surface area contributed by atoms with Gasteiger partial charge in [-0.15, -0.1) is 0 Å². The van der Waals surface area contributed by atoms with Crippen molar-refractivity contribution >= 4 is 38.2 Å². The maximum atomic E-state index is 6.02. The predicted octanol–water partition coefficient (Wildman–Crippen LogP) is 5.52. The molecule has 1 aliphatic rings. The zero-order chi connectivity index (χ0) is 18.6. The number of pyridine rings is 1. The molecule has 6 nitrogen and oxygen atoms in total. The molecule has 3 aromatic rings. The van der Waals surface area contributed by atoms with E-state index in [1.807, 2.05) is 31.5 Å². The van der Waals surface area contributed by atoms with Crippen molar-refractivity contribution in [2.24, 2.45) is 0 Å². The number of nitrogens with one attached hydrogen (secondary N) is 1. The molecule has 0 saturated heterocycles. The second kappa shape index (κ2) is 8.31. The van der Waals surface area contributed by atoms with E-state index in [2.05, 4.69) is 41.2 Å². The first-order valence-electron chi connectivity index (χ1n) is 9.02. The summed E-state index contributed by atoms with van der Waals surface area (Å²) in [7, 11) is 0. The molecule has 1 N–H and O–H groups in total. The van der Waals surface area contributed by atoms with E-state index in [4.69, 9.17) is 4.74 Å². The molecule has 3 heterocycles. The normalized spacial score (nSPS) is 14.9. The molecule has 0 amide bonds. The molecule has 140 valence electrons. The van der Waals surface area contributed by atoms with Crippen molar-refractivity contribution in [1.29, 1.82) is 0 Å². The fourth-order valence-corrected chi connectivity index (χ4v) is 4.18. The van der Waals surface area contributed by atoms with Gasteiger partial charge in [-0.3, -0.25) is 0 Å². The molecule has 1 aliphatic carbocycles. The maximum Gasteiger partial charge on any atom is 0.317 e. The summed E-state index contributed by atoms with van der Waals surface area (Å²) in [5, 5.41) is 3.99. The molecule has 0 bridgehead atoms. The van der Waals surface area contributed by atoms with Gasteiger partial charge in [-0.2, -0.15) is 4.98 Å². The van der Waals surface area contributed by atoms with Crippen LogP contribution in [0.15, 0.2) is 35.2 Å². The van der Waals surface area contributed by atoms with E-state index < -0.39 is 0 Å². The van der Waals surface area contributed by atoms with E-state index in [-0.39, 0.29) is 6.10 Å². The summed E-state index contributed by atoms with van der Waals surface area (Å²) in [6.45, 7) is 2.00. The minimum Gasteiger partial charge on any atom is -0.460 e. The van der Waals surface area contributed by atoms with Crippen LogP contribution in [0.5, 0.6) is 6.01 Å². The highest BCUT2D eigenvalue weighted by atomic mass is 79.9. The first-order chi connectivity index (χ1) is 13.2. The number of nitrogens with zero attached hydrogens (tertiary/aromatic N) is 4. The zero-order valence-electron chi connectivity index (χ0n) is 15.0. The highest BCUT2D eigenvalue weighted by Crippen LogP contribution is 2.32. The molecule has 27 heavy (non-hydrogen) atoms. The molecule has 0 aromatic carbocycles. The lowest BCUT2D eigenvalue weighted by atomic mass is 9.98. The number of thiazole rings is 1. The Morgan fingerprint density at radius 2 is 1.93 bits per heavy atom. The van der Waals surface area contributed by atoms with Gasteiger partial charge in [0.15, 0.2) is 5.13 Å². The SMILES string of the molecule is Cc1cnc(OC2CCCCC2)nc1-c1cnc(Nc2ccc(Br)cn2)s1. The van der Waals surface area contributed by atoms with Crippen molar-refractivity contribution in [2.45, 2.75) is 45.1 Å². The van der Waals surface area contributed by atoms with Crippen LogP contribution in [0.25, 0.3) is 10.6 Å². The Balaban J connectivity index is 1.51. The monoisotopic (exact) mass is 445 g/mol. The van der Waals surface area contributed by atoms with E-state index in [0.717, 1.165) is 44.4 Å². The fourth-order valence-electron chi connectivity index (χ4n) is 3.06. The second-order valence-corrected chi connectivity index (χ2v) is 8.52. The molecule has 0 spiro atoms. The van der Waals surface area contributed by atoms with Crippen molar-refractivity contribution in [3.63, 3.8) is 0 Å². The summed E-state index contributed by atoms with van der Waals surface area (Å²) < 4.78 is 6.96. The average Bonchev–Trinajstić information content (AvgIpc) is 3.14. The largest absolute Gasteiger partial charge is 0.460 e. The lowest BCUT2D eigenvalue weighted by Gasteiger charge is -2.21. The third-order valence-electron chi connectivity index (χ3n) is 4.48. The molecule has 0 atom stereocenters. The number of hydrogen-bond acceptors (Lipinski definition) is 7. The van der Waals surface area contributed by atoms with Crippen LogP contribution in [0.1, 0.15) is 37.7 Å². The summed E-state index contributed by atoms with van der Waals surface area (Å²) in [6, 6.07) is 4.30. The van der Waals surface area contributed by atoms with Gasteiger partial charge in [-0.25, -0.2) is 15.0 Å². The topological polar surface area (TPSA) is 72.8 Å². The zero-order valence-corrected chi connectivity index (χ0v) is 17.4. The Bertz CT molecular complexity index is 909. The average molecular weight is 446 g/mol. The van der Waals surface area contributed by atoms with Crippen molar-refractivity contribution in [3.8, 4) is 16.6 Å². The van der Waals surface area contributed by atoms with E-state index in [1.54, 1.807) is 6.20 Å². The van der Waals surface area contributed by atoms with Crippen molar-refractivity contribution in [3.05, 3.63) is 40.8 Å². The highest BCUT2D eigenvalue weighted by Gasteiger charge is 2.18. The number of aryl methyl sites for hydroxylation is 1. The van der Waals surface area contributed by atoms with E-state index in [1.165, 1.54) is 30.6 Å². The van der Waals surface area contributed by atoms with Gasteiger partial charge in [0.2, 0.25) is 0 Å². The Morgan fingerprint density at radius 1 is 1.07 bits per heavy atom. The molecule has 3 aromatic heterocycles. The van der Waals surface area contributed by atoms with Crippen LogP contribution in [-0.4, -0.2) is 26.0 Å². The summed E-state index contributed by atoms with van der Waals surface area (Å²) >= 11 is 4.92. The van der Waals surface area contributed by atoms with Gasteiger partial charge in [0.1, 0.15) is 11.9 Å². The predicted molar refractivity (Wildman–Crippen MR) is 111 cm³/mol. The first-order valence-corrected chi connectivity index (χ1v) is 10.6. The molecule has 8 heteroatoms. The van der Waals surface area contributed by atoms with Gasteiger partial charge >= 0.3 is 6.01 Å². The first kappa shape index (κ1) is 18.3. The lowest BCUT2D eigenvalue weighted by molar-refractivity contribution is 0.142. The summed E-state index contributed by atoms with van der Waals surface area (Å²) in [5.41, 5.74) is 1.87. The molecule has 0 unspecified atom stereocenters. The Morgan fingerprint density at radius 3 is 2.70 bits per heavy atom. The fraction of sp³-hybridized carbons (Fsp3) is 0.368. The van der Waals surface area contributed by atoms with Crippen LogP contribution in [-0.2, 0) is 0 Å². The summed E-state index contributed by atoms with van der Waals surface area (Å²) in [6.07, 6.45) is 11.5. The van der Waals surface area contributed by atoms with E-state index in [9.17, 15) is 0 Å². The van der Waals surface area contributed by atoms with Crippen LogP contribution >= 0.6 is 27.3 Å². The molecule has 1 fully saturated rings. The molecular formula is C19H20BrN5OS. The van der Waals surface area contributed by atoms with E-state index >= 15 is 0 Å². The Kier molecular flexibility index (Phi) is 5.63. The third kappa shape index (κ3) is 4.62. The van der Waals surface area contributed by atoms with Crippen LogP contribution in [0.2, 0.25) is 0 Å². The number of aromatic nitrogens is 4. The van der Waals surface area contributed by atoms with E-state index in [0.29, 0.717) is 6.01 Å². The molecule has 4 rings (SSSR count). The van der Waals surface area contributed by atoms with Crippen molar-refractivity contribution < 1.29 is 4.74 Å². The van der Waals surface area contributed by atoms with Crippen LogP contribution in [0, 0.1) is 6.92 Å². The number of hydrogen-bond donors (Lipinski definition) is 1. The Hall–Kier alpha value is -2.06. The minimum atomic E-state index is 0.233. The molecule has 0 aliphatic heterocycles. The van der Waals surface area contributed by atoms with Crippen molar-refractivity contribution in [1.82, 2.24) is 19.9 Å². The second-order valence-electron chi connectivity index (χ2n) is 6.58. The minimum absolute atomic E-state index is 0.233. The van der Waals surface area contributed by atoms with Gasteiger partial charge in [-0.05, 0) is 66.2 Å². The highest BCUT2D eigenvalue weighted by molar-refractivity contribution is 9.10. The van der Waals surface area contributed by atoms with Crippen LogP contribution < -0.4 is 10.1 Å². The third-order valence-corrected chi connectivity index (χ3v) is 5.86. The lowest BCUT2D eigenvalue weighted by Crippen LogP contribution is -2.20. The molecule has 0 radical (unpaired) electrons. The standard InChI is InChI=1S/C19H20BrN5OS/c1-12-9-22-18(26-14-5-3-2-4-6-14)25-17(12)15-11-23-19(27-15)24-16-8-7-13(20)10-21-16/h7-11,14H,2-6H2,1H3,(H,21,23,24). The van der Waals surface area contributed by atoms with Crippen LogP contribution in [0.4, 0.5) is 10.9 Å². The van der Waals surface area contributed by atoms with Gasteiger partial charge in [0, 0.05) is 23.1 Å². The summed E-state index contributed by atoms with van der Waals surface area (Å²) in [4.78, 5) is 18.8.